The summed E-state index contributed by atoms with van der Waals surface area (Å²) >= 11 is 3.31. The van der Waals surface area contributed by atoms with Crippen molar-refractivity contribution in [2.45, 2.75) is 39.2 Å². The summed E-state index contributed by atoms with van der Waals surface area (Å²) in [5, 5.41) is 14.5. The van der Waals surface area contributed by atoms with Crippen LogP contribution < -0.4 is 10.2 Å². The van der Waals surface area contributed by atoms with Crippen molar-refractivity contribution >= 4 is 32.9 Å². The van der Waals surface area contributed by atoms with Crippen molar-refractivity contribution in [3.05, 3.63) is 6.20 Å². The van der Waals surface area contributed by atoms with E-state index in [1.807, 2.05) is 6.20 Å². The number of nitrogens with one attached hydrogen (secondary N) is 1. The minimum atomic E-state index is 0.592. The van der Waals surface area contributed by atoms with Crippen LogP contribution in [0.25, 0.3) is 9.88 Å². The molecule has 2 aromatic heterocycles. The minimum Gasteiger partial charge on any atom is -0.360 e. The average Bonchev–Trinajstić information content (AvgIpc) is 3.08. The van der Waals surface area contributed by atoms with Crippen molar-refractivity contribution in [1.29, 1.82) is 0 Å². The first kappa shape index (κ1) is 13.8. The number of hydrogen-bond donors (Lipinski definition) is 1. The Balaban J connectivity index is 1.78. The highest BCUT2D eigenvalue weighted by molar-refractivity contribution is 7.25. The number of nitrogens with zero attached hydrogens (tertiary/aromatic N) is 4. The van der Waals surface area contributed by atoms with Crippen molar-refractivity contribution in [2.24, 2.45) is 0 Å². The molecule has 1 N–H and O–H groups in total. The smallest absolute Gasteiger partial charge is 0.206 e. The quantitative estimate of drug-likeness (QED) is 0.937. The molecule has 1 saturated heterocycles. The molecule has 0 aliphatic carbocycles. The highest BCUT2D eigenvalue weighted by Crippen LogP contribution is 2.36. The zero-order valence-electron chi connectivity index (χ0n) is 11.8. The molecule has 3 rings (SSSR count). The molecule has 3 heterocycles. The van der Waals surface area contributed by atoms with Gasteiger partial charge in [0.1, 0.15) is 0 Å². The van der Waals surface area contributed by atoms with Gasteiger partial charge in [0, 0.05) is 19.1 Å². The maximum absolute atomic E-state index is 4.58. The lowest BCUT2D eigenvalue weighted by Gasteiger charge is -2.32. The molecule has 1 unspecified atom stereocenters. The van der Waals surface area contributed by atoms with Crippen LogP contribution in [0.15, 0.2) is 6.20 Å². The molecule has 2 aromatic rings. The number of rotatable bonds is 4. The Hall–Kier alpha value is -1.21. The van der Waals surface area contributed by atoms with Gasteiger partial charge in [-0.1, -0.05) is 22.7 Å². The summed E-state index contributed by atoms with van der Waals surface area (Å²) in [6, 6.07) is 0.592. The monoisotopic (exact) mass is 309 g/mol. The van der Waals surface area contributed by atoms with Crippen LogP contribution in [-0.4, -0.2) is 34.3 Å². The molecule has 1 aliphatic heterocycles. The van der Waals surface area contributed by atoms with E-state index in [2.05, 4.69) is 39.2 Å². The van der Waals surface area contributed by atoms with Gasteiger partial charge in [-0.25, -0.2) is 4.98 Å². The number of thiazole rings is 1. The minimum absolute atomic E-state index is 0.592. The molecule has 0 spiro atoms. The highest BCUT2D eigenvalue weighted by atomic mass is 32.1. The third kappa shape index (κ3) is 2.78. The van der Waals surface area contributed by atoms with E-state index in [1.54, 1.807) is 22.7 Å². The molecule has 1 atom stereocenters. The zero-order valence-corrected chi connectivity index (χ0v) is 13.4. The second kappa shape index (κ2) is 6.05. The molecule has 1 fully saturated rings. The molecule has 0 radical (unpaired) electrons. The molecule has 0 amide bonds. The fraction of sp³-hybridized carbons (Fsp3) is 0.615. The van der Waals surface area contributed by atoms with E-state index in [4.69, 9.17) is 0 Å². The summed E-state index contributed by atoms with van der Waals surface area (Å²) in [5.74, 6) is 0. The van der Waals surface area contributed by atoms with Gasteiger partial charge < -0.3 is 10.2 Å². The Morgan fingerprint density at radius 3 is 3.05 bits per heavy atom. The lowest BCUT2D eigenvalue weighted by atomic mass is 10.1. The van der Waals surface area contributed by atoms with Crippen LogP contribution in [0.5, 0.6) is 0 Å². The van der Waals surface area contributed by atoms with Crippen LogP contribution in [-0.2, 0) is 0 Å². The second-order valence-corrected chi connectivity index (χ2v) is 6.97. The Labute approximate surface area is 127 Å². The molecule has 0 saturated carbocycles. The van der Waals surface area contributed by atoms with E-state index >= 15 is 0 Å². The summed E-state index contributed by atoms with van der Waals surface area (Å²) in [6.07, 6.45) is 5.79. The Kier molecular flexibility index (Phi) is 4.16. The average molecular weight is 309 g/mol. The zero-order chi connectivity index (χ0) is 13.9. The lowest BCUT2D eigenvalue weighted by molar-refractivity contribution is 0.484. The first-order chi connectivity index (χ1) is 9.78. The standard InChI is InChI=1S/C13H19N5S2/c1-3-14-12-17-16-11(20-12)10-8-15-13(19-10)18-7-5-4-6-9(18)2/h8-9H,3-7H2,1-2H3,(H,14,17). The van der Waals surface area contributed by atoms with Gasteiger partial charge in [0.05, 0.1) is 11.1 Å². The summed E-state index contributed by atoms with van der Waals surface area (Å²) in [4.78, 5) is 8.12. The van der Waals surface area contributed by atoms with Crippen molar-refractivity contribution < 1.29 is 0 Å². The number of aromatic nitrogens is 3. The third-order valence-corrected chi connectivity index (χ3v) is 5.59. The fourth-order valence-corrected chi connectivity index (χ4v) is 4.31. The highest BCUT2D eigenvalue weighted by Gasteiger charge is 2.22. The van der Waals surface area contributed by atoms with E-state index < -0.39 is 0 Å². The third-order valence-electron chi connectivity index (χ3n) is 3.51. The first-order valence-electron chi connectivity index (χ1n) is 7.08. The van der Waals surface area contributed by atoms with Crippen LogP contribution in [0.3, 0.4) is 0 Å². The van der Waals surface area contributed by atoms with E-state index in [1.165, 1.54) is 19.3 Å². The van der Waals surface area contributed by atoms with Gasteiger partial charge in [0.2, 0.25) is 5.13 Å². The van der Waals surface area contributed by atoms with E-state index in [-0.39, 0.29) is 0 Å². The van der Waals surface area contributed by atoms with Gasteiger partial charge in [-0.15, -0.1) is 10.2 Å². The summed E-state index contributed by atoms with van der Waals surface area (Å²) < 4.78 is 0. The predicted octanol–water partition coefficient (Wildman–Crippen LogP) is 3.47. The van der Waals surface area contributed by atoms with Gasteiger partial charge in [0.15, 0.2) is 10.1 Å². The Bertz CT molecular complexity index is 565. The molecule has 0 aromatic carbocycles. The lowest BCUT2D eigenvalue weighted by Crippen LogP contribution is -2.37. The maximum Gasteiger partial charge on any atom is 0.206 e. The summed E-state index contributed by atoms with van der Waals surface area (Å²) in [6.45, 7) is 6.33. The SMILES string of the molecule is CCNc1nnc(-c2cnc(N3CCCCC3C)s2)s1. The predicted molar refractivity (Wildman–Crippen MR) is 85.8 cm³/mol. The van der Waals surface area contributed by atoms with Gasteiger partial charge in [0.25, 0.3) is 0 Å². The van der Waals surface area contributed by atoms with Crippen molar-refractivity contribution in [3.63, 3.8) is 0 Å². The van der Waals surface area contributed by atoms with Crippen molar-refractivity contribution in [3.8, 4) is 9.88 Å². The van der Waals surface area contributed by atoms with Crippen LogP contribution in [0, 0.1) is 0 Å². The molecule has 7 heteroatoms. The van der Waals surface area contributed by atoms with Crippen molar-refractivity contribution in [1.82, 2.24) is 15.2 Å². The van der Waals surface area contributed by atoms with Gasteiger partial charge in [-0.05, 0) is 33.1 Å². The summed E-state index contributed by atoms with van der Waals surface area (Å²) in [7, 11) is 0. The fourth-order valence-electron chi connectivity index (χ4n) is 2.42. The van der Waals surface area contributed by atoms with Crippen molar-refractivity contribution in [2.75, 3.05) is 23.3 Å². The molecule has 5 nitrogen and oxygen atoms in total. The Morgan fingerprint density at radius 1 is 1.35 bits per heavy atom. The largest absolute Gasteiger partial charge is 0.360 e. The number of piperidine rings is 1. The van der Waals surface area contributed by atoms with Crippen LogP contribution in [0.2, 0.25) is 0 Å². The van der Waals surface area contributed by atoms with Gasteiger partial charge in [-0.2, -0.15) is 0 Å². The molecular formula is C13H19N5S2. The molecular weight excluding hydrogens is 290 g/mol. The van der Waals surface area contributed by atoms with E-state index in [9.17, 15) is 0 Å². The molecule has 0 bridgehead atoms. The van der Waals surface area contributed by atoms with Crippen LogP contribution in [0.4, 0.5) is 10.3 Å². The van der Waals surface area contributed by atoms with Crippen LogP contribution >= 0.6 is 22.7 Å². The number of hydrogen-bond acceptors (Lipinski definition) is 7. The second-order valence-electron chi connectivity index (χ2n) is 4.99. The van der Waals surface area contributed by atoms with Crippen LogP contribution in [0.1, 0.15) is 33.1 Å². The molecule has 1 aliphatic rings. The molecule has 108 valence electrons. The van der Waals surface area contributed by atoms with Gasteiger partial charge in [-0.3, -0.25) is 0 Å². The molecule has 20 heavy (non-hydrogen) atoms. The normalized spacial score (nSPS) is 19.3. The van der Waals surface area contributed by atoms with E-state index in [0.29, 0.717) is 6.04 Å². The van der Waals surface area contributed by atoms with Gasteiger partial charge >= 0.3 is 0 Å². The summed E-state index contributed by atoms with van der Waals surface area (Å²) in [5.41, 5.74) is 0. The van der Waals surface area contributed by atoms with E-state index in [0.717, 1.165) is 33.2 Å². The number of anilines is 2. The maximum atomic E-state index is 4.58. The topological polar surface area (TPSA) is 53.9 Å². The Morgan fingerprint density at radius 2 is 2.25 bits per heavy atom. The first-order valence-corrected chi connectivity index (χ1v) is 8.71.